The van der Waals surface area contributed by atoms with E-state index in [0.717, 1.165) is 11.3 Å². The lowest BCUT2D eigenvalue weighted by atomic mass is 9.97. The smallest absolute Gasteiger partial charge is 0.209 e. The fourth-order valence-corrected chi connectivity index (χ4v) is 3.05. The first-order chi connectivity index (χ1) is 6.87. The molecule has 1 N–H and O–H groups in total. The van der Waals surface area contributed by atoms with Crippen LogP contribution in [0, 0.1) is 16.7 Å². The first kappa shape index (κ1) is 12.2. The van der Waals surface area contributed by atoms with Crippen molar-refractivity contribution in [1.82, 2.24) is 4.72 Å². The van der Waals surface area contributed by atoms with Gasteiger partial charge in [0.25, 0.3) is 0 Å². The average molecular weight is 244 g/mol. The summed E-state index contributed by atoms with van der Waals surface area (Å²) in [5.41, 5.74) is -0.690. The van der Waals surface area contributed by atoms with Crippen LogP contribution in [0.2, 0.25) is 0 Å². The first-order valence-electron chi connectivity index (χ1n) is 4.32. The molecule has 1 aromatic heterocycles. The number of thiophene rings is 1. The largest absolute Gasteiger partial charge is 0.250 e. The maximum atomic E-state index is 11.6. The van der Waals surface area contributed by atoms with Crippen LogP contribution in [0.3, 0.4) is 0 Å². The van der Waals surface area contributed by atoms with E-state index in [1.54, 1.807) is 25.3 Å². The summed E-state index contributed by atoms with van der Waals surface area (Å²) in [5, 5.41) is 10.4. The predicted octanol–water partition coefficient (Wildman–Crippen LogP) is 1.58. The van der Waals surface area contributed by atoms with Crippen LogP contribution in [-0.4, -0.2) is 15.0 Å². The van der Waals surface area contributed by atoms with E-state index >= 15 is 0 Å². The average Bonchev–Trinajstić information content (AvgIpc) is 2.69. The van der Waals surface area contributed by atoms with Gasteiger partial charge in [0.2, 0.25) is 10.0 Å². The lowest BCUT2D eigenvalue weighted by Crippen LogP contribution is -2.32. The molecule has 1 heterocycles. The van der Waals surface area contributed by atoms with Crippen molar-refractivity contribution in [2.24, 2.45) is 5.41 Å². The summed E-state index contributed by atoms with van der Waals surface area (Å²) in [6.45, 7) is 3.48. The molecule has 0 amide bonds. The summed E-state index contributed by atoms with van der Waals surface area (Å²) in [4.78, 5) is 0. The number of nitriles is 1. The van der Waals surface area contributed by atoms with Crippen molar-refractivity contribution in [2.45, 2.75) is 18.1 Å². The van der Waals surface area contributed by atoms with Crippen LogP contribution in [0.5, 0.6) is 0 Å². The molecule has 0 unspecified atom stereocenters. The van der Waals surface area contributed by atoms with Gasteiger partial charge >= 0.3 is 0 Å². The van der Waals surface area contributed by atoms with E-state index < -0.39 is 15.4 Å². The second kappa shape index (κ2) is 4.31. The van der Waals surface area contributed by atoms with Gasteiger partial charge in [0.1, 0.15) is 4.21 Å². The number of nitrogens with zero attached hydrogens (tertiary/aromatic N) is 1. The maximum Gasteiger partial charge on any atom is 0.250 e. The maximum absolute atomic E-state index is 11.6. The molecule has 0 atom stereocenters. The van der Waals surface area contributed by atoms with Crippen molar-refractivity contribution >= 4 is 21.4 Å². The zero-order valence-electron chi connectivity index (χ0n) is 8.52. The molecule has 0 spiro atoms. The van der Waals surface area contributed by atoms with Gasteiger partial charge in [-0.3, -0.25) is 0 Å². The molecule has 0 aliphatic rings. The minimum atomic E-state index is -3.44. The first-order valence-corrected chi connectivity index (χ1v) is 6.68. The van der Waals surface area contributed by atoms with Gasteiger partial charge in [-0.05, 0) is 25.3 Å². The Bertz CT molecular complexity index is 455. The van der Waals surface area contributed by atoms with Gasteiger partial charge in [-0.1, -0.05) is 6.07 Å². The standard InChI is InChI=1S/C9H12N2O2S2/c1-9(2,6-10)7-11-15(12,13)8-4-3-5-14-8/h3-5,11H,7H2,1-2H3. The molecule has 0 bridgehead atoms. The van der Waals surface area contributed by atoms with Crippen LogP contribution in [0.15, 0.2) is 21.7 Å². The SMILES string of the molecule is CC(C)(C#N)CNS(=O)(=O)c1cccs1. The van der Waals surface area contributed by atoms with Gasteiger partial charge in [-0.2, -0.15) is 5.26 Å². The summed E-state index contributed by atoms with van der Waals surface area (Å²) in [7, 11) is -3.44. The quantitative estimate of drug-likeness (QED) is 0.874. The molecule has 15 heavy (non-hydrogen) atoms. The molecule has 6 heteroatoms. The molecule has 0 aromatic carbocycles. The second-order valence-corrected chi connectivity index (χ2v) is 6.69. The fraction of sp³-hybridized carbons (Fsp3) is 0.444. The van der Waals surface area contributed by atoms with E-state index in [0.29, 0.717) is 0 Å². The van der Waals surface area contributed by atoms with Crippen LogP contribution in [-0.2, 0) is 10.0 Å². The zero-order valence-corrected chi connectivity index (χ0v) is 10.2. The Morgan fingerprint density at radius 1 is 1.60 bits per heavy atom. The molecule has 4 nitrogen and oxygen atoms in total. The molecule has 0 saturated carbocycles. The number of sulfonamides is 1. The third kappa shape index (κ3) is 3.30. The highest BCUT2D eigenvalue weighted by atomic mass is 32.2. The molecule has 82 valence electrons. The van der Waals surface area contributed by atoms with E-state index in [-0.39, 0.29) is 10.8 Å². The Kier molecular flexibility index (Phi) is 3.50. The van der Waals surface area contributed by atoms with Gasteiger partial charge in [0, 0.05) is 6.54 Å². The minimum absolute atomic E-state index is 0.115. The summed E-state index contributed by atoms with van der Waals surface area (Å²) < 4.78 is 26.0. The van der Waals surface area contributed by atoms with Crippen molar-refractivity contribution in [2.75, 3.05) is 6.54 Å². The van der Waals surface area contributed by atoms with Crippen LogP contribution in [0.1, 0.15) is 13.8 Å². The molecular weight excluding hydrogens is 232 g/mol. The van der Waals surface area contributed by atoms with E-state index in [2.05, 4.69) is 4.72 Å². The third-order valence-electron chi connectivity index (χ3n) is 1.77. The molecule has 1 rings (SSSR count). The number of hydrogen-bond acceptors (Lipinski definition) is 4. The van der Waals surface area contributed by atoms with Crippen molar-refractivity contribution < 1.29 is 8.42 Å². The van der Waals surface area contributed by atoms with E-state index in [1.807, 2.05) is 6.07 Å². The number of nitrogens with one attached hydrogen (secondary N) is 1. The number of rotatable bonds is 4. The molecule has 0 saturated heterocycles. The van der Waals surface area contributed by atoms with Crippen LogP contribution in [0.4, 0.5) is 0 Å². The van der Waals surface area contributed by atoms with Crippen molar-refractivity contribution in [3.05, 3.63) is 17.5 Å². The fourth-order valence-electron chi connectivity index (χ4n) is 0.802. The Morgan fingerprint density at radius 3 is 2.73 bits per heavy atom. The van der Waals surface area contributed by atoms with Gasteiger partial charge in [-0.25, -0.2) is 13.1 Å². The molecule has 0 aliphatic carbocycles. The second-order valence-electron chi connectivity index (χ2n) is 3.75. The summed E-state index contributed by atoms with van der Waals surface area (Å²) >= 11 is 1.15. The van der Waals surface area contributed by atoms with Gasteiger partial charge in [0.05, 0.1) is 11.5 Å². The molecule has 0 radical (unpaired) electrons. The van der Waals surface area contributed by atoms with Crippen LogP contribution < -0.4 is 4.72 Å². The van der Waals surface area contributed by atoms with Crippen molar-refractivity contribution in [3.63, 3.8) is 0 Å². The molecule has 0 fully saturated rings. The zero-order chi connectivity index (χ0) is 11.5. The van der Waals surface area contributed by atoms with E-state index in [9.17, 15) is 8.42 Å². The van der Waals surface area contributed by atoms with E-state index in [1.165, 1.54) is 6.07 Å². The van der Waals surface area contributed by atoms with Crippen molar-refractivity contribution in [1.29, 1.82) is 5.26 Å². The van der Waals surface area contributed by atoms with Crippen molar-refractivity contribution in [3.8, 4) is 6.07 Å². The highest BCUT2D eigenvalue weighted by Crippen LogP contribution is 2.17. The minimum Gasteiger partial charge on any atom is -0.209 e. The number of hydrogen-bond donors (Lipinski definition) is 1. The molecule has 0 aliphatic heterocycles. The lowest BCUT2D eigenvalue weighted by Gasteiger charge is -2.15. The van der Waals surface area contributed by atoms with Gasteiger partial charge in [0.15, 0.2) is 0 Å². The molecule has 1 aromatic rings. The van der Waals surface area contributed by atoms with Crippen LogP contribution in [0.25, 0.3) is 0 Å². The van der Waals surface area contributed by atoms with E-state index in [4.69, 9.17) is 5.26 Å². The summed E-state index contributed by atoms with van der Waals surface area (Å²) in [5.74, 6) is 0. The Labute approximate surface area is 93.6 Å². The summed E-state index contributed by atoms with van der Waals surface area (Å²) in [6, 6.07) is 5.25. The predicted molar refractivity (Wildman–Crippen MR) is 58.9 cm³/mol. The van der Waals surface area contributed by atoms with Gasteiger partial charge < -0.3 is 0 Å². The molecular formula is C9H12N2O2S2. The highest BCUT2D eigenvalue weighted by molar-refractivity contribution is 7.91. The lowest BCUT2D eigenvalue weighted by molar-refractivity contribution is 0.479. The van der Waals surface area contributed by atoms with Gasteiger partial charge in [-0.15, -0.1) is 11.3 Å². The Morgan fingerprint density at radius 2 is 2.27 bits per heavy atom. The topological polar surface area (TPSA) is 70.0 Å². The Balaban J connectivity index is 2.73. The normalized spacial score (nSPS) is 12.3. The Hall–Kier alpha value is -0.900. The highest BCUT2D eigenvalue weighted by Gasteiger charge is 2.22. The van der Waals surface area contributed by atoms with Crippen LogP contribution >= 0.6 is 11.3 Å². The monoisotopic (exact) mass is 244 g/mol. The summed E-state index contributed by atoms with van der Waals surface area (Å²) in [6.07, 6.45) is 0. The third-order valence-corrected chi connectivity index (χ3v) is 4.57.